The molecular weight excluding hydrogens is 790 g/mol. The lowest BCUT2D eigenvalue weighted by Gasteiger charge is -2.20. The van der Waals surface area contributed by atoms with E-state index in [4.69, 9.17) is 23.8 Å². The van der Waals surface area contributed by atoms with Gasteiger partial charge in [0.05, 0.1) is 25.9 Å². The predicted octanol–water partition coefficient (Wildman–Crippen LogP) is 9.27. The number of phosphoric acid groups is 2. The van der Waals surface area contributed by atoms with Crippen LogP contribution in [0.5, 0.6) is 0 Å². The van der Waals surface area contributed by atoms with Gasteiger partial charge in [-0.15, -0.1) is 0 Å². The van der Waals surface area contributed by atoms with Crippen molar-refractivity contribution >= 4 is 27.6 Å². The molecule has 0 aliphatic rings. The summed E-state index contributed by atoms with van der Waals surface area (Å²) in [6.07, 6.45) is 32.6. The molecule has 14 nitrogen and oxygen atoms in total. The zero-order valence-electron chi connectivity index (χ0n) is 35.2. The van der Waals surface area contributed by atoms with Crippen LogP contribution in [-0.2, 0) is 41.8 Å². The Balaban J connectivity index is 4.76. The molecule has 336 valence electrons. The molecule has 0 saturated carbocycles. The predicted molar refractivity (Wildman–Crippen MR) is 227 cm³/mol. The zero-order chi connectivity index (χ0) is 43.3. The summed E-state index contributed by atoms with van der Waals surface area (Å²) in [7, 11) is -9.74. The fraction of sp³-hybridized carbons (Fsp3) is 0.714. The van der Waals surface area contributed by atoms with Crippen LogP contribution in [-0.4, -0.2) is 81.6 Å². The maximum atomic E-state index is 12.7. The van der Waals surface area contributed by atoms with Gasteiger partial charge in [-0.25, -0.2) is 9.13 Å². The molecule has 2 unspecified atom stereocenters. The van der Waals surface area contributed by atoms with Gasteiger partial charge in [-0.05, 0) is 50.9 Å². The van der Waals surface area contributed by atoms with Crippen molar-refractivity contribution in [3.05, 3.63) is 60.8 Å². The molecule has 0 saturated heterocycles. The highest BCUT2D eigenvalue weighted by atomic mass is 31.2. The molecule has 0 aromatic rings. The molecule has 0 fully saturated rings. The summed E-state index contributed by atoms with van der Waals surface area (Å²) in [5, 5.41) is 20.0. The van der Waals surface area contributed by atoms with E-state index in [2.05, 4.69) is 66.3 Å². The summed E-state index contributed by atoms with van der Waals surface area (Å²) >= 11 is 0. The van der Waals surface area contributed by atoms with Crippen LogP contribution in [0.2, 0.25) is 0 Å². The fourth-order valence-electron chi connectivity index (χ4n) is 5.27. The smallest absolute Gasteiger partial charge is 0.462 e. The van der Waals surface area contributed by atoms with E-state index in [0.29, 0.717) is 6.42 Å². The number of carbonyl (C=O) groups excluding carboxylic acids is 2. The maximum absolute atomic E-state index is 12.7. The number of esters is 2. The molecule has 4 atom stereocenters. The number of phosphoric ester groups is 2. The summed E-state index contributed by atoms with van der Waals surface area (Å²) in [6, 6.07) is 0. The number of allylic oxidation sites excluding steroid dienone is 9. The lowest BCUT2D eigenvalue weighted by molar-refractivity contribution is -0.161. The molecule has 58 heavy (non-hydrogen) atoms. The SMILES string of the molecule is CC/C=C\C/C=C\C/C=C\C/C=C\C=C\C(O)CCCC(=O)O[C@H](COC(=O)CCCCCCCCCCCCC(C)C)COP(=O)(O)OC[C@@H](O)COP(=O)(O)O. The largest absolute Gasteiger partial charge is 0.472 e. The number of aliphatic hydroxyl groups is 2. The zero-order valence-corrected chi connectivity index (χ0v) is 36.9. The van der Waals surface area contributed by atoms with E-state index < -0.39 is 72.3 Å². The molecule has 0 bridgehead atoms. The first-order valence-corrected chi connectivity index (χ1v) is 24.0. The highest BCUT2D eigenvalue weighted by Crippen LogP contribution is 2.43. The highest BCUT2D eigenvalue weighted by molar-refractivity contribution is 7.47. The highest BCUT2D eigenvalue weighted by Gasteiger charge is 2.28. The molecule has 0 amide bonds. The van der Waals surface area contributed by atoms with Crippen molar-refractivity contribution in [2.75, 3.05) is 26.4 Å². The van der Waals surface area contributed by atoms with Crippen molar-refractivity contribution < 1.29 is 66.7 Å². The number of aliphatic hydroxyl groups excluding tert-OH is 2. The first kappa shape index (κ1) is 55.8. The average molecular weight is 865 g/mol. The quantitative estimate of drug-likeness (QED) is 0.0129. The second-order valence-corrected chi connectivity index (χ2v) is 17.3. The van der Waals surface area contributed by atoms with Crippen LogP contribution in [0.4, 0.5) is 0 Å². The molecule has 0 aliphatic carbocycles. The monoisotopic (exact) mass is 864 g/mol. The standard InChI is InChI=1S/C42H74O14P2/c1-4-5-6-7-8-9-10-11-12-16-19-22-25-29-38(43)30-27-32-42(46)56-40(36-55-58(50,51)54-34-39(44)33-53-57(47,48)49)35-52-41(45)31-26-23-20-17-14-13-15-18-21-24-28-37(2)3/h5-6,8-9,11-12,19,22,25,29,37-40,43-44H,4,7,10,13-18,20-21,23-24,26-28,30-36H2,1-3H3,(H,50,51)(H2,47,48,49)/b6-5-,9-8-,12-11-,22-19-,29-25+/t38?,39-,40+/m0/s1. The second kappa shape index (κ2) is 36.6. The van der Waals surface area contributed by atoms with Gasteiger partial charge in [-0.1, -0.05) is 146 Å². The van der Waals surface area contributed by atoms with E-state index >= 15 is 0 Å². The summed E-state index contributed by atoms with van der Waals surface area (Å²) in [5.41, 5.74) is 0. The Morgan fingerprint density at radius 3 is 1.69 bits per heavy atom. The Hall–Kier alpha value is -2.22. The topological polar surface area (TPSA) is 216 Å². The number of rotatable bonds is 38. The minimum absolute atomic E-state index is 0.101. The third kappa shape index (κ3) is 40.6. The Bertz CT molecular complexity index is 1290. The van der Waals surface area contributed by atoms with E-state index in [1.807, 2.05) is 12.2 Å². The fourth-order valence-corrected chi connectivity index (χ4v) is 6.42. The van der Waals surface area contributed by atoms with Gasteiger partial charge in [0.15, 0.2) is 6.10 Å². The molecule has 16 heteroatoms. The van der Waals surface area contributed by atoms with Crippen molar-refractivity contribution in [3.63, 3.8) is 0 Å². The van der Waals surface area contributed by atoms with Crippen LogP contribution in [0.3, 0.4) is 0 Å². The van der Waals surface area contributed by atoms with Crippen LogP contribution < -0.4 is 0 Å². The Labute approximate surface area is 347 Å². The summed E-state index contributed by atoms with van der Waals surface area (Å²) in [5.74, 6) is -0.478. The number of unbranched alkanes of at least 4 members (excludes halogenated alkanes) is 9. The van der Waals surface area contributed by atoms with E-state index in [0.717, 1.165) is 50.9 Å². The minimum atomic E-state index is -4.88. The van der Waals surface area contributed by atoms with Gasteiger partial charge in [0, 0.05) is 12.8 Å². The van der Waals surface area contributed by atoms with Gasteiger partial charge in [0.25, 0.3) is 0 Å². The number of carbonyl (C=O) groups is 2. The molecule has 5 N–H and O–H groups in total. The molecule has 0 aromatic heterocycles. The first-order valence-electron chi connectivity index (χ1n) is 20.9. The van der Waals surface area contributed by atoms with Gasteiger partial charge < -0.3 is 34.4 Å². The average Bonchev–Trinajstić information content (AvgIpc) is 3.16. The van der Waals surface area contributed by atoms with Crippen LogP contribution in [0.1, 0.15) is 143 Å². The van der Waals surface area contributed by atoms with Gasteiger partial charge >= 0.3 is 27.6 Å². The number of hydrogen-bond donors (Lipinski definition) is 5. The molecule has 0 aliphatic heterocycles. The maximum Gasteiger partial charge on any atom is 0.472 e. The molecule has 0 radical (unpaired) electrons. The second-order valence-electron chi connectivity index (χ2n) is 14.6. The molecule has 0 rings (SSSR count). The Morgan fingerprint density at radius 2 is 1.10 bits per heavy atom. The summed E-state index contributed by atoms with van der Waals surface area (Å²) in [4.78, 5) is 52.6. The van der Waals surface area contributed by atoms with Crippen molar-refractivity contribution in [1.29, 1.82) is 0 Å². The van der Waals surface area contributed by atoms with Gasteiger partial charge in [-0.2, -0.15) is 0 Å². The van der Waals surface area contributed by atoms with Crippen molar-refractivity contribution in [2.45, 2.75) is 161 Å². The first-order chi connectivity index (χ1) is 27.6. The minimum Gasteiger partial charge on any atom is -0.462 e. The summed E-state index contributed by atoms with van der Waals surface area (Å²) in [6.45, 7) is 3.69. The van der Waals surface area contributed by atoms with E-state index in [1.54, 1.807) is 12.2 Å². The van der Waals surface area contributed by atoms with Crippen LogP contribution in [0, 0.1) is 5.92 Å². The number of ether oxygens (including phenoxy) is 2. The van der Waals surface area contributed by atoms with Gasteiger partial charge in [0.2, 0.25) is 0 Å². The van der Waals surface area contributed by atoms with E-state index in [-0.39, 0.29) is 25.7 Å². The number of hydrogen-bond acceptors (Lipinski definition) is 11. The lowest BCUT2D eigenvalue weighted by Crippen LogP contribution is -2.30. The normalized spacial score (nSPS) is 15.3. The third-order valence-electron chi connectivity index (χ3n) is 8.44. The third-order valence-corrected chi connectivity index (χ3v) is 9.88. The molecule has 0 aromatic carbocycles. The molecule has 0 spiro atoms. The molecular formula is C42H74O14P2. The van der Waals surface area contributed by atoms with Crippen molar-refractivity contribution in [2.24, 2.45) is 5.92 Å². The van der Waals surface area contributed by atoms with Gasteiger partial charge in [0.1, 0.15) is 12.7 Å². The van der Waals surface area contributed by atoms with E-state index in [9.17, 15) is 33.8 Å². The molecule has 0 heterocycles. The van der Waals surface area contributed by atoms with Crippen molar-refractivity contribution in [1.82, 2.24) is 0 Å². The van der Waals surface area contributed by atoms with Crippen LogP contribution in [0.25, 0.3) is 0 Å². The van der Waals surface area contributed by atoms with Gasteiger partial charge in [-0.3, -0.25) is 23.2 Å². The Morgan fingerprint density at radius 1 is 0.586 bits per heavy atom. The van der Waals surface area contributed by atoms with E-state index in [1.165, 1.54) is 44.9 Å². The Kier molecular flexibility index (Phi) is 35.2. The van der Waals surface area contributed by atoms with Crippen molar-refractivity contribution in [3.8, 4) is 0 Å². The summed E-state index contributed by atoms with van der Waals surface area (Å²) < 4.78 is 47.5. The lowest BCUT2D eigenvalue weighted by atomic mass is 10.0. The van der Waals surface area contributed by atoms with Crippen LogP contribution in [0.15, 0.2) is 60.8 Å². The van der Waals surface area contributed by atoms with Crippen LogP contribution >= 0.6 is 15.6 Å².